The highest BCUT2D eigenvalue weighted by atomic mass is 16.3. The predicted octanol–water partition coefficient (Wildman–Crippen LogP) is -1.13. The predicted molar refractivity (Wildman–Crippen MR) is 61.1 cm³/mol. The van der Waals surface area contributed by atoms with Crippen LogP contribution in [-0.2, 0) is 4.79 Å². The molecule has 0 aromatic carbocycles. The minimum Gasteiger partial charge on any atom is -0.395 e. The van der Waals surface area contributed by atoms with E-state index in [2.05, 4.69) is 15.1 Å². The number of hydrogen-bond acceptors (Lipinski definition) is 4. The van der Waals surface area contributed by atoms with E-state index in [-0.39, 0.29) is 12.5 Å². The molecule has 0 aromatic heterocycles. The Labute approximate surface area is 96.4 Å². The van der Waals surface area contributed by atoms with Gasteiger partial charge in [0, 0.05) is 38.8 Å². The minimum absolute atomic E-state index is 0.0151. The lowest BCUT2D eigenvalue weighted by Gasteiger charge is -2.34. The van der Waals surface area contributed by atoms with Crippen LogP contribution in [0.25, 0.3) is 0 Å². The van der Waals surface area contributed by atoms with E-state index >= 15 is 0 Å². The molecule has 1 saturated heterocycles. The lowest BCUT2D eigenvalue weighted by atomic mass is 10.3. The van der Waals surface area contributed by atoms with Gasteiger partial charge in [-0.15, -0.1) is 0 Å². The second-order valence-electron chi connectivity index (χ2n) is 4.62. The van der Waals surface area contributed by atoms with Crippen LogP contribution < -0.4 is 5.32 Å². The minimum atomic E-state index is 0.0151. The summed E-state index contributed by atoms with van der Waals surface area (Å²) in [5, 5.41) is 11.3. The van der Waals surface area contributed by atoms with E-state index in [1.807, 2.05) is 0 Å². The summed E-state index contributed by atoms with van der Waals surface area (Å²) in [4.78, 5) is 16.1. The zero-order valence-electron chi connectivity index (χ0n) is 9.69. The maximum absolute atomic E-state index is 11.4. The molecule has 2 aliphatic rings. The number of carbonyl (C=O) groups is 1. The monoisotopic (exact) mass is 227 g/mol. The van der Waals surface area contributed by atoms with Crippen LogP contribution >= 0.6 is 0 Å². The van der Waals surface area contributed by atoms with E-state index in [0.29, 0.717) is 13.1 Å². The summed E-state index contributed by atoms with van der Waals surface area (Å²) in [6.07, 6.45) is 2.72. The summed E-state index contributed by atoms with van der Waals surface area (Å²) in [6.45, 7) is 5.02. The summed E-state index contributed by atoms with van der Waals surface area (Å²) in [7, 11) is 0. The second-order valence-corrected chi connectivity index (χ2v) is 4.62. The van der Waals surface area contributed by atoms with Crippen LogP contribution in [0.3, 0.4) is 0 Å². The van der Waals surface area contributed by atoms with Gasteiger partial charge in [-0.25, -0.2) is 0 Å². The third kappa shape index (κ3) is 3.43. The fourth-order valence-corrected chi connectivity index (χ4v) is 2.18. The first kappa shape index (κ1) is 11.8. The first-order valence-corrected chi connectivity index (χ1v) is 6.13. The Morgan fingerprint density at radius 3 is 2.50 bits per heavy atom. The zero-order chi connectivity index (χ0) is 11.4. The largest absolute Gasteiger partial charge is 0.395 e. The standard InChI is InChI=1S/C11H21N3O2/c15-8-3-12-11(16)9-13-4-6-14(7-5-13)10-1-2-10/h10,15H,1-9H2,(H,12,16). The van der Waals surface area contributed by atoms with Crippen molar-refractivity contribution in [3.05, 3.63) is 0 Å². The third-order valence-electron chi connectivity index (χ3n) is 3.27. The fourth-order valence-electron chi connectivity index (χ4n) is 2.18. The van der Waals surface area contributed by atoms with Crippen molar-refractivity contribution in [1.82, 2.24) is 15.1 Å². The van der Waals surface area contributed by atoms with Gasteiger partial charge in [-0.1, -0.05) is 0 Å². The van der Waals surface area contributed by atoms with E-state index in [1.54, 1.807) is 0 Å². The molecule has 5 nitrogen and oxygen atoms in total. The van der Waals surface area contributed by atoms with Crippen molar-refractivity contribution in [2.45, 2.75) is 18.9 Å². The molecule has 5 heteroatoms. The smallest absolute Gasteiger partial charge is 0.234 e. The SMILES string of the molecule is O=C(CN1CCN(C2CC2)CC1)NCCO. The highest BCUT2D eigenvalue weighted by Gasteiger charge is 2.31. The number of piperazine rings is 1. The summed E-state index contributed by atoms with van der Waals surface area (Å²) < 4.78 is 0. The van der Waals surface area contributed by atoms with Crippen LogP contribution in [0, 0.1) is 0 Å². The molecule has 0 aromatic rings. The molecule has 1 aliphatic heterocycles. The number of aliphatic hydroxyl groups is 1. The lowest BCUT2D eigenvalue weighted by molar-refractivity contribution is -0.122. The number of rotatable bonds is 5. The van der Waals surface area contributed by atoms with E-state index in [1.165, 1.54) is 12.8 Å². The van der Waals surface area contributed by atoms with Crippen LogP contribution in [0.15, 0.2) is 0 Å². The highest BCUT2D eigenvalue weighted by Crippen LogP contribution is 2.27. The molecule has 2 rings (SSSR count). The Balaban J connectivity index is 1.62. The Kier molecular flexibility index (Phi) is 4.15. The summed E-state index contributed by atoms with van der Waals surface area (Å²) in [5.41, 5.74) is 0. The molecule has 16 heavy (non-hydrogen) atoms. The molecule has 0 bridgehead atoms. The molecule has 2 fully saturated rings. The van der Waals surface area contributed by atoms with Crippen LogP contribution in [0.5, 0.6) is 0 Å². The van der Waals surface area contributed by atoms with Crippen molar-refractivity contribution in [3.8, 4) is 0 Å². The molecule has 1 heterocycles. The average Bonchev–Trinajstić information content (AvgIpc) is 3.11. The topological polar surface area (TPSA) is 55.8 Å². The lowest BCUT2D eigenvalue weighted by Crippen LogP contribution is -2.50. The van der Waals surface area contributed by atoms with Crippen molar-refractivity contribution < 1.29 is 9.90 Å². The number of nitrogens with zero attached hydrogens (tertiary/aromatic N) is 2. The van der Waals surface area contributed by atoms with Gasteiger partial charge >= 0.3 is 0 Å². The van der Waals surface area contributed by atoms with Crippen LogP contribution in [0.1, 0.15) is 12.8 Å². The van der Waals surface area contributed by atoms with Gasteiger partial charge in [-0.3, -0.25) is 14.6 Å². The van der Waals surface area contributed by atoms with Gasteiger partial charge in [0.1, 0.15) is 0 Å². The van der Waals surface area contributed by atoms with Gasteiger partial charge in [0.15, 0.2) is 0 Å². The quantitative estimate of drug-likeness (QED) is 0.624. The van der Waals surface area contributed by atoms with Gasteiger partial charge in [-0.2, -0.15) is 0 Å². The molecule has 1 saturated carbocycles. The van der Waals surface area contributed by atoms with Gasteiger partial charge in [-0.05, 0) is 12.8 Å². The van der Waals surface area contributed by atoms with Crippen molar-refractivity contribution in [3.63, 3.8) is 0 Å². The Bertz CT molecular complexity index is 235. The van der Waals surface area contributed by atoms with Crippen molar-refractivity contribution in [2.75, 3.05) is 45.9 Å². The van der Waals surface area contributed by atoms with Crippen molar-refractivity contribution in [2.24, 2.45) is 0 Å². The molecule has 92 valence electrons. The Morgan fingerprint density at radius 2 is 1.94 bits per heavy atom. The normalized spacial score (nSPS) is 23.3. The van der Waals surface area contributed by atoms with E-state index < -0.39 is 0 Å². The third-order valence-corrected chi connectivity index (χ3v) is 3.27. The Morgan fingerprint density at radius 1 is 1.25 bits per heavy atom. The maximum atomic E-state index is 11.4. The zero-order valence-corrected chi connectivity index (χ0v) is 9.69. The van der Waals surface area contributed by atoms with Crippen LogP contribution in [0.2, 0.25) is 0 Å². The molecule has 0 atom stereocenters. The molecule has 0 spiro atoms. The number of amides is 1. The molecule has 0 unspecified atom stereocenters. The fraction of sp³-hybridized carbons (Fsp3) is 0.909. The molecule has 1 aliphatic carbocycles. The maximum Gasteiger partial charge on any atom is 0.234 e. The summed E-state index contributed by atoms with van der Waals surface area (Å²) in [5.74, 6) is 0.0221. The summed E-state index contributed by atoms with van der Waals surface area (Å²) in [6, 6.07) is 0.838. The molecular formula is C11H21N3O2. The van der Waals surface area contributed by atoms with Gasteiger partial charge in [0.05, 0.1) is 13.2 Å². The second kappa shape index (κ2) is 5.61. The number of hydrogen-bond donors (Lipinski definition) is 2. The van der Waals surface area contributed by atoms with Gasteiger partial charge in [0.2, 0.25) is 5.91 Å². The van der Waals surface area contributed by atoms with E-state index in [4.69, 9.17) is 5.11 Å². The average molecular weight is 227 g/mol. The van der Waals surface area contributed by atoms with Gasteiger partial charge in [0.25, 0.3) is 0 Å². The molecule has 1 amide bonds. The molecule has 2 N–H and O–H groups in total. The number of carbonyl (C=O) groups excluding carboxylic acids is 1. The van der Waals surface area contributed by atoms with Crippen molar-refractivity contribution in [1.29, 1.82) is 0 Å². The number of nitrogens with one attached hydrogen (secondary N) is 1. The van der Waals surface area contributed by atoms with E-state index in [0.717, 1.165) is 32.2 Å². The van der Waals surface area contributed by atoms with E-state index in [9.17, 15) is 4.79 Å². The first-order valence-electron chi connectivity index (χ1n) is 6.13. The van der Waals surface area contributed by atoms with Gasteiger partial charge < -0.3 is 10.4 Å². The van der Waals surface area contributed by atoms with Crippen LogP contribution in [0.4, 0.5) is 0 Å². The highest BCUT2D eigenvalue weighted by molar-refractivity contribution is 5.77. The molecular weight excluding hydrogens is 206 g/mol. The number of aliphatic hydroxyl groups excluding tert-OH is 1. The van der Waals surface area contributed by atoms with Crippen LogP contribution in [-0.4, -0.2) is 72.7 Å². The van der Waals surface area contributed by atoms with Crippen molar-refractivity contribution >= 4 is 5.91 Å². The first-order chi connectivity index (χ1) is 7.79. The Hall–Kier alpha value is -0.650. The molecule has 0 radical (unpaired) electrons. The summed E-state index contributed by atoms with van der Waals surface area (Å²) >= 11 is 0.